The lowest BCUT2D eigenvalue weighted by Gasteiger charge is -2.27. The zero-order valence-electron chi connectivity index (χ0n) is 16.7. The van der Waals surface area contributed by atoms with Gasteiger partial charge >= 0.3 is 5.97 Å². The van der Waals surface area contributed by atoms with Gasteiger partial charge in [0.05, 0.1) is 12.3 Å². The molecule has 0 spiro atoms. The van der Waals surface area contributed by atoms with Crippen LogP contribution in [0.15, 0.2) is 18.5 Å². The summed E-state index contributed by atoms with van der Waals surface area (Å²) in [6.45, 7) is 4.76. The molecule has 4 atom stereocenters. The Bertz CT molecular complexity index is 900. The minimum absolute atomic E-state index is 0.139. The number of nitrogens with zero attached hydrogens (tertiary/aromatic N) is 3. The van der Waals surface area contributed by atoms with Crippen LogP contribution in [-0.4, -0.2) is 61.6 Å². The van der Waals surface area contributed by atoms with Crippen LogP contribution >= 0.6 is 0 Å². The third-order valence-corrected chi connectivity index (χ3v) is 5.07. The molecular formula is C19H26N4O6. The van der Waals surface area contributed by atoms with Crippen LogP contribution in [0.1, 0.15) is 45.7 Å². The molecule has 0 unspecified atom stereocenters. The topological polar surface area (TPSA) is 135 Å². The van der Waals surface area contributed by atoms with E-state index >= 15 is 0 Å². The lowest BCUT2D eigenvalue weighted by Crippen LogP contribution is -2.42. The van der Waals surface area contributed by atoms with Crippen molar-refractivity contribution in [1.82, 2.24) is 14.6 Å². The summed E-state index contributed by atoms with van der Waals surface area (Å²) in [7, 11) is 0. The summed E-state index contributed by atoms with van der Waals surface area (Å²) in [5.74, 6) is -0.317. The van der Waals surface area contributed by atoms with Crippen LogP contribution in [0.25, 0.3) is 5.52 Å². The average molecular weight is 406 g/mol. The van der Waals surface area contributed by atoms with Crippen molar-refractivity contribution in [3.8, 4) is 0 Å². The summed E-state index contributed by atoms with van der Waals surface area (Å²) >= 11 is 0. The van der Waals surface area contributed by atoms with Crippen LogP contribution in [-0.2, 0) is 24.7 Å². The molecule has 10 nitrogen and oxygen atoms in total. The molecule has 0 aliphatic carbocycles. The largest absolute Gasteiger partial charge is 0.457 e. The molecular weight excluding hydrogens is 380 g/mol. The van der Waals surface area contributed by atoms with Crippen LogP contribution in [0.4, 0.5) is 5.82 Å². The van der Waals surface area contributed by atoms with Crippen molar-refractivity contribution in [2.24, 2.45) is 0 Å². The number of rotatable bonds is 7. The lowest BCUT2D eigenvalue weighted by molar-refractivity contribution is -0.156. The number of aliphatic hydroxyl groups is 2. The highest BCUT2D eigenvalue weighted by Gasteiger charge is 2.55. The van der Waals surface area contributed by atoms with Crippen LogP contribution in [0, 0.1) is 0 Å². The van der Waals surface area contributed by atoms with E-state index in [1.165, 1.54) is 10.8 Å². The van der Waals surface area contributed by atoms with Crippen LogP contribution < -0.4 is 5.32 Å². The summed E-state index contributed by atoms with van der Waals surface area (Å²) in [4.78, 5) is 27.8. The highest BCUT2D eigenvalue weighted by Crippen LogP contribution is 2.41. The molecule has 1 fully saturated rings. The predicted octanol–water partition coefficient (Wildman–Crippen LogP) is 0.757. The van der Waals surface area contributed by atoms with E-state index in [1.54, 1.807) is 26.0 Å². The first kappa shape index (κ1) is 21.2. The zero-order chi connectivity index (χ0) is 21.2. The number of hydrogen-bond donors (Lipinski definition) is 3. The molecule has 3 heterocycles. The number of carbonyl (C=O) groups is 2. The Labute approximate surface area is 167 Å². The molecule has 0 radical (unpaired) electrons. The molecule has 10 heteroatoms. The minimum atomic E-state index is -1.31. The van der Waals surface area contributed by atoms with Gasteiger partial charge in [-0.3, -0.25) is 9.59 Å². The third-order valence-electron chi connectivity index (χ3n) is 5.07. The second-order valence-electron chi connectivity index (χ2n) is 7.12. The van der Waals surface area contributed by atoms with Crippen molar-refractivity contribution in [3.05, 3.63) is 24.2 Å². The molecule has 1 aliphatic heterocycles. The van der Waals surface area contributed by atoms with Gasteiger partial charge in [0.25, 0.3) is 0 Å². The van der Waals surface area contributed by atoms with E-state index in [9.17, 15) is 19.8 Å². The molecule has 0 aromatic carbocycles. The number of fused-ring (bicyclic) bond motifs is 1. The normalized spacial score (nSPS) is 26.6. The Morgan fingerprint density at radius 2 is 2.14 bits per heavy atom. The number of carbonyl (C=O) groups excluding carboxylic acids is 2. The van der Waals surface area contributed by atoms with E-state index in [4.69, 9.17) is 9.47 Å². The van der Waals surface area contributed by atoms with Crippen molar-refractivity contribution in [3.63, 3.8) is 0 Å². The van der Waals surface area contributed by atoms with Gasteiger partial charge in [-0.05, 0) is 25.5 Å². The fourth-order valence-electron chi connectivity index (χ4n) is 3.52. The van der Waals surface area contributed by atoms with Gasteiger partial charge in [0.15, 0.2) is 11.9 Å². The molecule has 2 aromatic heterocycles. The van der Waals surface area contributed by atoms with Crippen LogP contribution in [0.5, 0.6) is 0 Å². The second-order valence-corrected chi connectivity index (χ2v) is 7.12. The smallest absolute Gasteiger partial charge is 0.305 e. The number of ether oxygens (including phenoxy) is 2. The second kappa shape index (κ2) is 8.44. The first-order chi connectivity index (χ1) is 13.8. The molecule has 1 saturated heterocycles. The Balaban J connectivity index is 1.97. The summed E-state index contributed by atoms with van der Waals surface area (Å²) in [5.41, 5.74) is -0.308. The van der Waals surface area contributed by atoms with Gasteiger partial charge < -0.3 is 25.0 Å². The number of hydrogen-bond acceptors (Lipinski definition) is 8. The van der Waals surface area contributed by atoms with Crippen molar-refractivity contribution in [1.29, 1.82) is 0 Å². The standard InChI is InChI=1S/C19H26N4O6/c1-4-6-14(25)22-18-11-7-8-13(23(11)21-10-20-18)19(3)17(27)16(12(9-24)29-19)28-15(26)5-2/h7-8,10,12,16-17,24,27H,4-6,9H2,1-3H3,(H,20,21,22,25)/t12-,16-,17-,19+/m1/s1. The maximum atomic E-state index is 12.0. The van der Waals surface area contributed by atoms with Crippen LogP contribution in [0.3, 0.4) is 0 Å². The quantitative estimate of drug-likeness (QED) is 0.574. The van der Waals surface area contributed by atoms with E-state index in [1.807, 2.05) is 6.92 Å². The average Bonchev–Trinajstić information content (AvgIpc) is 3.24. The number of aliphatic hydroxyl groups excluding tert-OH is 2. The SMILES string of the molecule is CCCC(=O)Nc1ncnn2c([C@]3(C)O[C@H](CO)[C@@H](OC(=O)CC)[C@H]3O)ccc12. The zero-order valence-corrected chi connectivity index (χ0v) is 16.7. The molecule has 29 heavy (non-hydrogen) atoms. The van der Waals surface area contributed by atoms with Gasteiger partial charge in [0.2, 0.25) is 5.91 Å². The number of esters is 1. The van der Waals surface area contributed by atoms with Gasteiger partial charge in [-0.15, -0.1) is 0 Å². The molecule has 1 amide bonds. The fourth-order valence-corrected chi connectivity index (χ4v) is 3.52. The van der Waals surface area contributed by atoms with E-state index in [0.29, 0.717) is 29.9 Å². The Kier molecular flexibility index (Phi) is 6.15. The van der Waals surface area contributed by atoms with E-state index in [-0.39, 0.29) is 12.3 Å². The number of nitrogens with one attached hydrogen (secondary N) is 1. The molecule has 3 N–H and O–H groups in total. The molecule has 0 bridgehead atoms. The molecule has 3 rings (SSSR count). The number of amides is 1. The van der Waals surface area contributed by atoms with Gasteiger partial charge in [-0.2, -0.15) is 5.10 Å². The first-order valence-electron chi connectivity index (χ1n) is 9.65. The van der Waals surface area contributed by atoms with Crippen molar-refractivity contribution >= 4 is 23.2 Å². The van der Waals surface area contributed by atoms with Gasteiger partial charge in [0.1, 0.15) is 29.7 Å². The predicted molar refractivity (Wildman–Crippen MR) is 102 cm³/mol. The monoisotopic (exact) mass is 406 g/mol. The Morgan fingerprint density at radius 1 is 1.38 bits per heavy atom. The van der Waals surface area contributed by atoms with Crippen molar-refractivity contribution < 1.29 is 29.3 Å². The molecule has 2 aromatic rings. The maximum absolute atomic E-state index is 12.0. The van der Waals surface area contributed by atoms with Gasteiger partial charge in [0, 0.05) is 12.8 Å². The van der Waals surface area contributed by atoms with Crippen LogP contribution in [0.2, 0.25) is 0 Å². The van der Waals surface area contributed by atoms with Gasteiger partial charge in [-0.25, -0.2) is 9.50 Å². The molecule has 1 aliphatic rings. The highest BCUT2D eigenvalue weighted by atomic mass is 16.6. The van der Waals surface area contributed by atoms with Gasteiger partial charge in [-0.1, -0.05) is 13.8 Å². The number of anilines is 1. The summed E-state index contributed by atoms with van der Waals surface area (Å²) in [6, 6.07) is 3.40. The van der Waals surface area contributed by atoms with E-state index in [0.717, 1.165) is 0 Å². The van der Waals surface area contributed by atoms with Crippen molar-refractivity contribution in [2.75, 3.05) is 11.9 Å². The van der Waals surface area contributed by atoms with E-state index in [2.05, 4.69) is 15.4 Å². The molecule has 0 saturated carbocycles. The number of aromatic nitrogens is 3. The third kappa shape index (κ3) is 3.83. The summed E-state index contributed by atoms with van der Waals surface area (Å²) in [5, 5.41) is 27.6. The Hall–Kier alpha value is -2.56. The summed E-state index contributed by atoms with van der Waals surface area (Å²) in [6.07, 6.45) is -0.637. The maximum Gasteiger partial charge on any atom is 0.305 e. The molecule has 158 valence electrons. The first-order valence-corrected chi connectivity index (χ1v) is 9.65. The lowest BCUT2D eigenvalue weighted by atomic mass is 9.93. The van der Waals surface area contributed by atoms with E-state index < -0.39 is 36.5 Å². The Morgan fingerprint density at radius 3 is 2.79 bits per heavy atom. The van der Waals surface area contributed by atoms with Crippen molar-refractivity contribution in [2.45, 2.75) is 63.9 Å². The summed E-state index contributed by atoms with van der Waals surface area (Å²) < 4.78 is 12.8. The fraction of sp³-hybridized carbons (Fsp3) is 0.579. The highest BCUT2D eigenvalue weighted by molar-refractivity contribution is 5.93. The minimum Gasteiger partial charge on any atom is -0.457 e.